The summed E-state index contributed by atoms with van der Waals surface area (Å²) in [5.74, 6) is 0.138. The molecule has 0 radical (unpaired) electrons. The average molecular weight is 368 g/mol. The summed E-state index contributed by atoms with van der Waals surface area (Å²) in [6.07, 6.45) is 7.59. The van der Waals surface area contributed by atoms with Crippen molar-refractivity contribution in [3.05, 3.63) is 53.9 Å². The van der Waals surface area contributed by atoms with Crippen LogP contribution in [0.1, 0.15) is 49.7 Å². The zero-order chi connectivity index (χ0) is 18.8. The van der Waals surface area contributed by atoms with E-state index >= 15 is 0 Å². The maximum atomic E-state index is 12.7. The molecule has 2 atom stereocenters. The minimum atomic E-state index is -0.999. The third-order valence-corrected chi connectivity index (χ3v) is 5.00. The van der Waals surface area contributed by atoms with E-state index in [0.29, 0.717) is 5.76 Å². The Kier molecular flexibility index (Phi) is 4.66. The average Bonchev–Trinajstić information content (AvgIpc) is 3.39. The predicted molar refractivity (Wildman–Crippen MR) is 96.6 cm³/mol. The first-order chi connectivity index (χ1) is 13.1. The highest BCUT2D eigenvalue weighted by molar-refractivity contribution is 6.08. The molecule has 0 aromatic carbocycles. The number of carboxylic acid groups (broad SMARTS) is 1. The van der Waals surface area contributed by atoms with Gasteiger partial charge in [-0.15, -0.1) is 0 Å². The van der Waals surface area contributed by atoms with Gasteiger partial charge in [-0.2, -0.15) is 5.10 Å². The molecule has 0 saturated heterocycles. The Hall–Kier alpha value is -3.09. The Balaban J connectivity index is 1.68. The second-order valence-electron chi connectivity index (χ2n) is 6.76. The van der Waals surface area contributed by atoms with Crippen LogP contribution in [-0.2, 0) is 9.59 Å². The minimum absolute atomic E-state index is 0.0277. The van der Waals surface area contributed by atoms with Gasteiger partial charge in [0.05, 0.1) is 24.7 Å². The first kappa shape index (κ1) is 17.3. The van der Waals surface area contributed by atoms with Crippen LogP contribution in [0.15, 0.2) is 56.3 Å². The molecule has 0 unspecified atom stereocenters. The Morgan fingerprint density at radius 3 is 2.74 bits per heavy atom. The van der Waals surface area contributed by atoms with Gasteiger partial charge in [-0.3, -0.25) is 9.59 Å². The quantitative estimate of drug-likeness (QED) is 0.864. The van der Waals surface area contributed by atoms with E-state index < -0.39 is 5.97 Å². The molecular formula is C20H20N2O5. The number of amides is 1. The molecule has 1 amide bonds. The van der Waals surface area contributed by atoms with E-state index in [0.717, 1.165) is 36.3 Å². The summed E-state index contributed by atoms with van der Waals surface area (Å²) >= 11 is 0. The van der Waals surface area contributed by atoms with E-state index in [2.05, 4.69) is 5.10 Å². The molecule has 1 aliphatic carbocycles. The number of rotatable bonds is 5. The Morgan fingerprint density at radius 1 is 1.22 bits per heavy atom. The predicted octanol–water partition coefficient (Wildman–Crippen LogP) is 3.86. The molecule has 0 bridgehead atoms. The lowest BCUT2D eigenvalue weighted by molar-refractivity contribution is -0.141. The maximum Gasteiger partial charge on any atom is 0.303 e. The van der Waals surface area contributed by atoms with Gasteiger partial charge in [-0.1, -0.05) is 0 Å². The zero-order valence-electron chi connectivity index (χ0n) is 14.7. The normalized spacial score (nSPS) is 23.3. The summed E-state index contributed by atoms with van der Waals surface area (Å²) in [7, 11) is 0. The van der Waals surface area contributed by atoms with Crippen LogP contribution in [0.2, 0.25) is 0 Å². The van der Waals surface area contributed by atoms with E-state index in [9.17, 15) is 9.59 Å². The smallest absolute Gasteiger partial charge is 0.303 e. The molecule has 1 fully saturated rings. The number of hydrogen-bond donors (Lipinski definition) is 1. The topological polar surface area (TPSA) is 96.2 Å². The monoisotopic (exact) mass is 368 g/mol. The van der Waals surface area contributed by atoms with E-state index in [1.54, 1.807) is 18.6 Å². The molecule has 27 heavy (non-hydrogen) atoms. The van der Waals surface area contributed by atoms with E-state index in [4.69, 9.17) is 13.9 Å². The fourth-order valence-corrected chi connectivity index (χ4v) is 3.82. The molecule has 2 aromatic rings. The summed E-state index contributed by atoms with van der Waals surface area (Å²) in [6.45, 7) is 0. The number of hydrogen-bond acceptors (Lipinski definition) is 5. The number of nitrogens with zero attached hydrogens (tertiary/aromatic N) is 2. The molecule has 2 aliphatic rings. The Bertz CT molecular complexity index is 880. The summed E-state index contributed by atoms with van der Waals surface area (Å²) in [5, 5.41) is 14.9. The van der Waals surface area contributed by atoms with Crippen molar-refractivity contribution in [1.29, 1.82) is 0 Å². The molecule has 3 heterocycles. The van der Waals surface area contributed by atoms with Crippen LogP contribution < -0.4 is 0 Å². The molecule has 7 nitrogen and oxygen atoms in total. The standard InChI is InChI=1S/C20H20N2O5/c23-17(8-9-18(24)25)22-20(16-7-3-11-27-16)15-6-1-4-13(19(15)21-22)12-14-5-2-10-26-14/h2-3,5,7,10-12,15,20H,1,4,6,8-9H2,(H,24,25)/b13-12+/t15-,20+/m1/s1. The molecule has 140 valence electrons. The van der Waals surface area contributed by atoms with Gasteiger partial charge in [0, 0.05) is 12.3 Å². The van der Waals surface area contributed by atoms with Crippen molar-refractivity contribution in [3.8, 4) is 0 Å². The lowest BCUT2D eigenvalue weighted by Crippen LogP contribution is -2.31. The van der Waals surface area contributed by atoms with Crippen molar-refractivity contribution in [2.24, 2.45) is 11.0 Å². The number of carboxylic acids is 1. The third-order valence-electron chi connectivity index (χ3n) is 5.00. The Morgan fingerprint density at radius 2 is 2.04 bits per heavy atom. The fourth-order valence-electron chi connectivity index (χ4n) is 3.82. The first-order valence-electron chi connectivity index (χ1n) is 9.03. The summed E-state index contributed by atoms with van der Waals surface area (Å²) in [5.41, 5.74) is 1.91. The van der Waals surface area contributed by atoms with Crippen molar-refractivity contribution in [1.82, 2.24) is 5.01 Å². The number of allylic oxidation sites excluding steroid dienone is 1. The summed E-state index contributed by atoms with van der Waals surface area (Å²) in [6, 6.07) is 7.00. The van der Waals surface area contributed by atoms with Crippen molar-refractivity contribution in [2.75, 3.05) is 0 Å². The number of carbonyl (C=O) groups is 2. The fraction of sp³-hybridized carbons (Fsp3) is 0.350. The van der Waals surface area contributed by atoms with Gasteiger partial charge in [0.1, 0.15) is 17.6 Å². The highest BCUT2D eigenvalue weighted by Gasteiger charge is 2.45. The number of carbonyl (C=O) groups excluding carboxylic acids is 1. The molecule has 1 aliphatic heterocycles. The first-order valence-corrected chi connectivity index (χ1v) is 9.03. The van der Waals surface area contributed by atoms with Gasteiger partial charge in [0.2, 0.25) is 5.91 Å². The molecule has 0 spiro atoms. The van der Waals surface area contributed by atoms with Gasteiger partial charge in [-0.05, 0) is 55.2 Å². The number of hydrazone groups is 1. The van der Waals surface area contributed by atoms with Crippen molar-refractivity contribution in [3.63, 3.8) is 0 Å². The summed E-state index contributed by atoms with van der Waals surface area (Å²) < 4.78 is 11.0. The zero-order valence-corrected chi connectivity index (χ0v) is 14.7. The molecule has 1 N–H and O–H groups in total. The van der Waals surface area contributed by atoms with E-state index in [1.807, 2.05) is 24.3 Å². The number of furan rings is 2. The van der Waals surface area contributed by atoms with Crippen molar-refractivity contribution in [2.45, 2.75) is 38.1 Å². The second kappa shape index (κ2) is 7.26. The SMILES string of the molecule is O=C(O)CCC(=O)N1N=C2/C(=C/c3ccco3)CCC[C@H]2[C@H]1c1ccco1. The van der Waals surface area contributed by atoms with Crippen molar-refractivity contribution < 1.29 is 23.5 Å². The largest absolute Gasteiger partial charge is 0.481 e. The molecule has 2 aromatic heterocycles. The van der Waals surface area contributed by atoms with Crippen LogP contribution in [0.3, 0.4) is 0 Å². The van der Waals surface area contributed by atoms with Crippen LogP contribution in [0.5, 0.6) is 0 Å². The highest BCUT2D eigenvalue weighted by Crippen LogP contribution is 2.44. The van der Waals surface area contributed by atoms with Gasteiger partial charge in [0.25, 0.3) is 0 Å². The number of aliphatic carboxylic acids is 1. The molecule has 1 saturated carbocycles. The Labute approximate surface area is 155 Å². The van der Waals surface area contributed by atoms with Gasteiger partial charge < -0.3 is 13.9 Å². The van der Waals surface area contributed by atoms with Crippen LogP contribution in [0.4, 0.5) is 0 Å². The number of fused-ring (bicyclic) bond motifs is 1. The van der Waals surface area contributed by atoms with Crippen LogP contribution in [0.25, 0.3) is 6.08 Å². The third kappa shape index (κ3) is 3.45. The van der Waals surface area contributed by atoms with Crippen LogP contribution in [-0.4, -0.2) is 27.7 Å². The van der Waals surface area contributed by atoms with Crippen LogP contribution >= 0.6 is 0 Å². The van der Waals surface area contributed by atoms with E-state index in [1.165, 1.54) is 5.01 Å². The van der Waals surface area contributed by atoms with Crippen LogP contribution in [0, 0.1) is 5.92 Å². The van der Waals surface area contributed by atoms with Gasteiger partial charge in [0.15, 0.2) is 0 Å². The van der Waals surface area contributed by atoms with Gasteiger partial charge in [-0.25, -0.2) is 5.01 Å². The summed E-state index contributed by atoms with van der Waals surface area (Å²) in [4.78, 5) is 23.6. The van der Waals surface area contributed by atoms with Gasteiger partial charge >= 0.3 is 5.97 Å². The maximum absolute atomic E-state index is 12.7. The van der Waals surface area contributed by atoms with E-state index in [-0.39, 0.29) is 30.7 Å². The molecule has 7 heteroatoms. The lowest BCUT2D eigenvalue weighted by atomic mass is 9.79. The molecule has 4 rings (SSSR count). The molecular weight excluding hydrogens is 348 g/mol. The lowest BCUT2D eigenvalue weighted by Gasteiger charge is -2.27. The highest BCUT2D eigenvalue weighted by atomic mass is 16.4. The second-order valence-corrected chi connectivity index (χ2v) is 6.76. The minimum Gasteiger partial charge on any atom is -0.481 e. The van der Waals surface area contributed by atoms with Crippen molar-refractivity contribution >= 4 is 23.7 Å².